The lowest BCUT2D eigenvalue weighted by Crippen LogP contribution is -2.43. The Hall–Kier alpha value is -1.12. The van der Waals surface area contributed by atoms with Crippen molar-refractivity contribution in [2.75, 3.05) is 6.61 Å². The number of aliphatic hydroxyl groups excluding tert-OH is 1. The molecule has 0 fully saturated rings. The van der Waals surface area contributed by atoms with E-state index in [1.54, 1.807) is 0 Å². The van der Waals surface area contributed by atoms with Crippen molar-refractivity contribution in [3.05, 3.63) is 48.0 Å². The van der Waals surface area contributed by atoms with E-state index in [9.17, 15) is 5.11 Å². The number of rotatable bonds is 6. The maximum Gasteiger partial charge on any atom is 0.0626 e. The molecule has 1 aliphatic carbocycles. The van der Waals surface area contributed by atoms with Crippen LogP contribution in [0, 0.1) is 11.8 Å². The van der Waals surface area contributed by atoms with Crippen molar-refractivity contribution in [1.82, 2.24) is 5.32 Å². The lowest BCUT2D eigenvalue weighted by Gasteiger charge is -2.34. The van der Waals surface area contributed by atoms with Crippen LogP contribution >= 0.6 is 0 Å². The molecule has 0 bridgehead atoms. The van der Waals surface area contributed by atoms with E-state index in [-0.39, 0.29) is 12.6 Å². The first-order chi connectivity index (χ1) is 9.72. The highest BCUT2D eigenvalue weighted by atomic mass is 16.3. The first kappa shape index (κ1) is 15.3. The van der Waals surface area contributed by atoms with Gasteiger partial charge in [-0.1, -0.05) is 56.3 Å². The van der Waals surface area contributed by atoms with Crippen molar-refractivity contribution in [3.8, 4) is 0 Å². The van der Waals surface area contributed by atoms with Crippen LogP contribution in [0.4, 0.5) is 0 Å². The van der Waals surface area contributed by atoms with Gasteiger partial charge in [-0.2, -0.15) is 0 Å². The molecule has 0 aliphatic heterocycles. The summed E-state index contributed by atoms with van der Waals surface area (Å²) < 4.78 is 0. The highest BCUT2D eigenvalue weighted by Gasteiger charge is 2.26. The molecular weight excluding hydrogens is 246 g/mol. The molecule has 1 aromatic carbocycles. The molecule has 0 saturated carbocycles. The van der Waals surface area contributed by atoms with Crippen LogP contribution < -0.4 is 5.32 Å². The summed E-state index contributed by atoms with van der Waals surface area (Å²) in [5.74, 6) is 1.14. The average molecular weight is 273 g/mol. The first-order valence-corrected chi connectivity index (χ1v) is 7.81. The van der Waals surface area contributed by atoms with Gasteiger partial charge in [-0.25, -0.2) is 0 Å². The van der Waals surface area contributed by atoms with Crippen LogP contribution in [-0.4, -0.2) is 17.8 Å². The van der Waals surface area contributed by atoms with Crippen LogP contribution in [0.2, 0.25) is 0 Å². The molecule has 0 unspecified atom stereocenters. The minimum absolute atomic E-state index is 0.0268. The van der Waals surface area contributed by atoms with Crippen molar-refractivity contribution < 1.29 is 5.11 Å². The summed E-state index contributed by atoms with van der Waals surface area (Å²) in [5.41, 5.74) is 1.17. The zero-order chi connectivity index (χ0) is 14.4. The van der Waals surface area contributed by atoms with Gasteiger partial charge in [0.25, 0.3) is 0 Å². The molecule has 1 aliphatic rings. The van der Waals surface area contributed by atoms with Gasteiger partial charge in [0.2, 0.25) is 0 Å². The third-order valence-electron chi connectivity index (χ3n) is 4.25. The van der Waals surface area contributed by atoms with E-state index < -0.39 is 0 Å². The molecular formula is C18H27NO. The van der Waals surface area contributed by atoms with E-state index in [1.807, 2.05) is 18.2 Å². The number of hydrogen-bond donors (Lipinski definition) is 2. The third-order valence-corrected chi connectivity index (χ3v) is 4.25. The highest BCUT2D eigenvalue weighted by Crippen LogP contribution is 2.26. The minimum atomic E-state index is 0.0268. The molecule has 2 rings (SSSR count). The zero-order valence-corrected chi connectivity index (χ0v) is 12.6. The van der Waals surface area contributed by atoms with Crippen LogP contribution in [0.1, 0.15) is 44.7 Å². The van der Waals surface area contributed by atoms with E-state index in [4.69, 9.17) is 0 Å². The fraction of sp³-hybridized carbons (Fsp3) is 0.556. The summed E-state index contributed by atoms with van der Waals surface area (Å²) in [7, 11) is 0. The molecule has 0 aromatic heterocycles. The van der Waals surface area contributed by atoms with E-state index in [0.717, 1.165) is 0 Å². The molecule has 2 heteroatoms. The molecule has 2 N–H and O–H groups in total. The van der Waals surface area contributed by atoms with E-state index in [1.165, 1.54) is 24.8 Å². The summed E-state index contributed by atoms with van der Waals surface area (Å²) in [4.78, 5) is 0. The number of aliphatic hydroxyl groups is 1. The van der Waals surface area contributed by atoms with Gasteiger partial charge in [-0.3, -0.25) is 0 Å². The Kier molecular flexibility index (Phi) is 5.81. The van der Waals surface area contributed by atoms with Gasteiger partial charge in [-0.15, -0.1) is 0 Å². The smallest absolute Gasteiger partial charge is 0.0626 e. The summed E-state index contributed by atoms with van der Waals surface area (Å²) >= 11 is 0. The molecule has 3 atom stereocenters. The van der Waals surface area contributed by atoms with Crippen LogP contribution in [-0.2, 0) is 0 Å². The Labute approximate surface area is 122 Å². The van der Waals surface area contributed by atoms with Crippen molar-refractivity contribution in [2.24, 2.45) is 11.8 Å². The van der Waals surface area contributed by atoms with Crippen LogP contribution in [0.5, 0.6) is 0 Å². The quantitative estimate of drug-likeness (QED) is 0.775. The zero-order valence-electron chi connectivity index (χ0n) is 12.6. The molecule has 0 spiro atoms. The SMILES string of the molecule is CC(C)[C@H](N[C@@H](CO)c1ccccc1)[C@H]1C=CCCC1. The monoisotopic (exact) mass is 273 g/mol. The van der Waals surface area contributed by atoms with Crippen molar-refractivity contribution in [2.45, 2.75) is 45.2 Å². The minimum Gasteiger partial charge on any atom is -0.394 e. The van der Waals surface area contributed by atoms with Gasteiger partial charge in [0.15, 0.2) is 0 Å². The summed E-state index contributed by atoms with van der Waals surface area (Å²) in [5, 5.41) is 13.4. The van der Waals surface area contributed by atoms with Gasteiger partial charge in [0.05, 0.1) is 12.6 Å². The van der Waals surface area contributed by atoms with Crippen molar-refractivity contribution in [3.63, 3.8) is 0 Å². The molecule has 110 valence electrons. The van der Waals surface area contributed by atoms with Crippen molar-refractivity contribution in [1.29, 1.82) is 0 Å². The fourth-order valence-electron chi connectivity index (χ4n) is 3.12. The second-order valence-corrected chi connectivity index (χ2v) is 6.11. The number of hydrogen-bond acceptors (Lipinski definition) is 2. The van der Waals surface area contributed by atoms with Crippen molar-refractivity contribution >= 4 is 0 Å². The predicted molar refractivity (Wildman–Crippen MR) is 84.5 cm³/mol. The second kappa shape index (κ2) is 7.61. The van der Waals surface area contributed by atoms with Gasteiger partial charge >= 0.3 is 0 Å². The van der Waals surface area contributed by atoms with E-state index in [0.29, 0.717) is 17.9 Å². The van der Waals surface area contributed by atoms with Gasteiger partial charge < -0.3 is 10.4 Å². The Morgan fingerprint density at radius 1 is 1.25 bits per heavy atom. The Balaban J connectivity index is 2.10. The second-order valence-electron chi connectivity index (χ2n) is 6.11. The Bertz CT molecular complexity index is 413. The molecule has 20 heavy (non-hydrogen) atoms. The number of benzene rings is 1. The van der Waals surface area contributed by atoms with E-state index >= 15 is 0 Å². The van der Waals surface area contributed by atoms with Crippen LogP contribution in [0.15, 0.2) is 42.5 Å². The van der Waals surface area contributed by atoms with Gasteiger partial charge in [0, 0.05) is 6.04 Å². The lowest BCUT2D eigenvalue weighted by molar-refractivity contribution is 0.200. The summed E-state index contributed by atoms with van der Waals surface area (Å²) in [6.45, 7) is 4.67. The maximum absolute atomic E-state index is 9.73. The summed E-state index contributed by atoms with van der Waals surface area (Å²) in [6, 6.07) is 10.7. The normalized spacial score (nSPS) is 21.9. The van der Waals surface area contributed by atoms with E-state index in [2.05, 4.69) is 43.4 Å². The molecule has 0 saturated heterocycles. The molecule has 0 amide bonds. The number of nitrogens with one attached hydrogen (secondary N) is 1. The van der Waals surface area contributed by atoms with Gasteiger partial charge in [-0.05, 0) is 36.7 Å². The van der Waals surface area contributed by atoms with Crippen LogP contribution in [0.25, 0.3) is 0 Å². The largest absolute Gasteiger partial charge is 0.394 e. The molecule has 2 nitrogen and oxygen atoms in total. The number of allylic oxidation sites excluding steroid dienone is 1. The van der Waals surface area contributed by atoms with Crippen LogP contribution in [0.3, 0.4) is 0 Å². The standard InChI is InChI=1S/C18H27NO/c1-14(2)18(16-11-7-4-8-12-16)19-17(13-20)15-9-5-3-6-10-15/h3,5-7,9-11,14,16-20H,4,8,12-13H2,1-2H3/t16-,17-,18-/m0/s1. The van der Waals surface area contributed by atoms with Gasteiger partial charge in [0.1, 0.15) is 0 Å². The molecule has 1 aromatic rings. The third kappa shape index (κ3) is 3.94. The molecule has 0 radical (unpaired) electrons. The Morgan fingerprint density at radius 2 is 2.00 bits per heavy atom. The summed E-state index contributed by atoms with van der Waals surface area (Å²) in [6.07, 6.45) is 8.41. The maximum atomic E-state index is 9.73. The highest BCUT2D eigenvalue weighted by molar-refractivity contribution is 5.19. The molecule has 0 heterocycles. The lowest BCUT2D eigenvalue weighted by atomic mass is 9.83. The predicted octanol–water partition coefficient (Wildman–Crippen LogP) is 3.69. The Morgan fingerprint density at radius 3 is 2.55 bits per heavy atom. The topological polar surface area (TPSA) is 32.3 Å². The fourth-order valence-corrected chi connectivity index (χ4v) is 3.12. The average Bonchev–Trinajstić information content (AvgIpc) is 2.50. The first-order valence-electron chi connectivity index (χ1n) is 7.81.